The van der Waals surface area contributed by atoms with Crippen molar-refractivity contribution < 1.29 is 4.74 Å². The number of nitrogens with zero attached hydrogens (tertiary/aromatic N) is 3. The van der Waals surface area contributed by atoms with Gasteiger partial charge in [-0.25, -0.2) is 0 Å². The predicted octanol–water partition coefficient (Wildman–Crippen LogP) is 5.70. The van der Waals surface area contributed by atoms with Crippen molar-refractivity contribution in [3.63, 3.8) is 0 Å². The first-order valence-electron chi connectivity index (χ1n) is 8.84. The van der Waals surface area contributed by atoms with Crippen LogP contribution in [0.2, 0.25) is 0 Å². The summed E-state index contributed by atoms with van der Waals surface area (Å²) in [5, 5.41) is 8.94. The quantitative estimate of drug-likeness (QED) is 0.538. The van der Waals surface area contributed by atoms with Gasteiger partial charge < -0.3 is 4.74 Å². The van der Waals surface area contributed by atoms with Crippen LogP contribution in [0.3, 0.4) is 0 Å². The van der Waals surface area contributed by atoms with E-state index in [2.05, 4.69) is 28.4 Å². The fourth-order valence-corrected chi connectivity index (χ4v) is 3.42. The Morgan fingerprint density at radius 2 is 1.52 bits per heavy atom. The van der Waals surface area contributed by atoms with Gasteiger partial charge in [-0.1, -0.05) is 66.7 Å². The fourth-order valence-electron chi connectivity index (χ4n) is 3.16. The number of para-hydroxylation sites is 2. The van der Waals surface area contributed by atoms with Gasteiger partial charge in [-0.05, 0) is 42.9 Å². The number of ether oxygens (including phenoxy) is 1. The second-order valence-electron chi connectivity index (χ2n) is 6.30. The summed E-state index contributed by atoms with van der Waals surface area (Å²) in [5.41, 5.74) is 3.13. The highest BCUT2D eigenvalue weighted by atomic mass is 32.1. The van der Waals surface area contributed by atoms with Gasteiger partial charge in [-0.15, -0.1) is 5.11 Å². The highest BCUT2D eigenvalue weighted by Gasteiger charge is 2.34. The van der Waals surface area contributed by atoms with Gasteiger partial charge in [-0.2, -0.15) is 5.11 Å². The maximum Gasteiger partial charge on any atom is 0.222 e. The van der Waals surface area contributed by atoms with E-state index in [9.17, 15) is 0 Å². The van der Waals surface area contributed by atoms with E-state index in [4.69, 9.17) is 17.0 Å². The summed E-state index contributed by atoms with van der Waals surface area (Å²) in [4.78, 5) is 1.94. The molecule has 0 saturated carbocycles. The van der Waals surface area contributed by atoms with E-state index in [0.29, 0.717) is 5.11 Å². The minimum Gasteiger partial charge on any atom is -0.486 e. The molecule has 27 heavy (non-hydrogen) atoms. The molecule has 5 heteroatoms. The molecular formula is C22H19N3OS. The van der Waals surface area contributed by atoms with Crippen LogP contribution in [0.1, 0.15) is 6.92 Å². The van der Waals surface area contributed by atoms with Crippen molar-refractivity contribution >= 4 is 23.0 Å². The molecule has 0 saturated heterocycles. The van der Waals surface area contributed by atoms with Gasteiger partial charge in [0.25, 0.3) is 0 Å². The number of rotatable bonds is 5. The number of anilines is 1. The Hall–Kier alpha value is -3.05. The van der Waals surface area contributed by atoms with E-state index in [-0.39, 0.29) is 12.3 Å². The zero-order valence-corrected chi connectivity index (χ0v) is 15.7. The van der Waals surface area contributed by atoms with Crippen molar-refractivity contribution in [1.29, 1.82) is 0 Å². The molecule has 1 heterocycles. The maximum absolute atomic E-state index is 6.33. The lowest BCUT2D eigenvalue weighted by atomic mass is 10.0. The van der Waals surface area contributed by atoms with E-state index in [1.165, 1.54) is 0 Å². The van der Waals surface area contributed by atoms with Crippen LogP contribution in [0, 0.1) is 0 Å². The summed E-state index contributed by atoms with van der Waals surface area (Å²) in [7, 11) is 0. The molecule has 3 aromatic carbocycles. The first-order chi connectivity index (χ1) is 13.2. The van der Waals surface area contributed by atoms with Crippen molar-refractivity contribution in [2.45, 2.75) is 19.2 Å². The highest BCUT2D eigenvalue weighted by molar-refractivity contribution is 7.80. The first kappa shape index (κ1) is 17.4. The van der Waals surface area contributed by atoms with Gasteiger partial charge in [0, 0.05) is 11.3 Å². The molecule has 0 aliphatic carbocycles. The topological polar surface area (TPSA) is 37.2 Å². The predicted molar refractivity (Wildman–Crippen MR) is 112 cm³/mol. The van der Waals surface area contributed by atoms with E-state index >= 15 is 0 Å². The lowest BCUT2D eigenvalue weighted by molar-refractivity contribution is 0.195. The largest absolute Gasteiger partial charge is 0.486 e. The van der Waals surface area contributed by atoms with Crippen molar-refractivity contribution in [3.05, 3.63) is 84.9 Å². The molecule has 0 radical (unpaired) electrons. The monoisotopic (exact) mass is 373 g/mol. The number of hydrogen-bond acceptors (Lipinski definition) is 3. The smallest absolute Gasteiger partial charge is 0.222 e. The van der Waals surface area contributed by atoms with E-state index in [1.807, 2.05) is 78.6 Å². The number of thiocarbonyl (C=S) groups is 1. The molecule has 0 N–H and O–H groups in total. The van der Waals surface area contributed by atoms with Crippen LogP contribution in [-0.2, 0) is 0 Å². The first-order valence-corrected chi connectivity index (χ1v) is 9.25. The number of benzene rings is 3. The Kier molecular flexibility index (Phi) is 4.94. The minimum absolute atomic E-state index is 0.237. The third-order valence-electron chi connectivity index (χ3n) is 4.47. The van der Waals surface area contributed by atoms with E-state index in [0.717, 1.165) is 22.6 Å². The molecule has 2 atom stereocenters. The number of hydrogen-bond donors (Lipinski definition) is 0. The molecular weight excluding hydrogens is 354 g/mol. The molecule has 0 amide bonds. The molecule has 134 valence electrons. The molecule has 1 aliphatic rings. The van der Waals surface area contributed by atoms with Crippen LogP contribution in [0.25, 0.3) is 11.1 Å². The third-order valence-corrected chi connectivity index (χ3v) is 4.75. The number of azo groups is 1. The lowest BCUT2D eigenvalue weighted by Crippen LogP contribution is -2.42. The average Bonchev–Trinajstić information content (AvgIpc) is 3.11. The van der Waals surface area contributed by atoms with Crippen molar-refractivity contribution in [2.24, 2.45) is 10.2 Å². The Balaban J connectivity index is 1.61. The summed E-state index contributed by atoms with van der Waals surface area (Å²) in [6, 6.07) is 28.2. The lowest BCUT2D eigenvalue weighted by Gasteiger charge is -2.28. The van der Waals surface area contributed by atoms with Crippen LogP contribution < -0.4 is 9.64 Å². The molecule has 1 aliphatic heterocycles. The molecule has 0 bridgehead atoms. The van der Waals surface area contributed by atoms with Crippen LogP contribution in [0.4, 0.5) is 5.69 Å². The van der Waals surface area contributed by atoms with Crippen LogP contribution in [0.5, 0.6) is 5.75 Å². The van der Waals surface area contributed by atoms with Gasteiger partial charge in [0.2, 0.25) is 5.11 Å². The Bertz CT molecular complexity index is 960. The second-order valence-corrected chi connectivity index (χ2v) is 6.67. The summed E-state index contributed by atoms with van der Waals surface area (Å²) in [5.74, 6) is 0.817. The van der Waals surface area contributed by atoms with E-state index < -0.39 is 0 Å². The molecule has 3 aromatic rings. The minimum atomic E-state index is -0.302. The van der Waals surface area contributed by atoms with Crippen LogP contribution in [0.15, 0.2) is 95.2 Å². The summed E-state index contributed by atoms with van der Waals surface area (Å²) < 4.78 is 6.33. The standard InChI is InChI=1S/C22H19N3OS/c1-16(21-23-24-22(27)25(21)18-12-6-3-7-13-18)26-20-15-9-8-14-19(20)17-10-4-2-5-11-17/h2-16,21H,1H3. The zero-order valence-electron chi connectivity index (χ0n) is 14.9. The van der Waals surface area contributed by atoms with Crippen LogP contribution >= 0.6 is 12.2 Å². The van der Waals surface area contributed by atoms with E-state index in [1.54, 1.807) is 0 Å². The molecule has 0 aromatic heterocycles. The van der Waals surface area contributed by atoms with Gasteiger partial charge in [-0.3, -0.25) is 4.90 Å². The summed E-state index contributed by atoms with van der Waals surface area (Å²) in [6.07, 6.45) is -0.539. The normalized spacial score (nSPS) is 17.1. The Labute approximate surface area is 164 Å². The fraction of sp³-hybridized carbons (Fsp3) is 0.136. The van der Waals surface area contributed by atoms with Crippen molar-refractivity contribution in [1.82, 2.24) is 0 Å². The molecule has 2 unspecified atom stereocenters. The van der Waals surface area contributed by atoms with Crippen LogP contribution in [-0.4, -0.2) is 17.4 Å². The summed E-state index contributed by atoms with van der Waals surface area (Å²) >= 11 is 5.40. The Morgan fingerprint density at radius 1 is 0.889 bits per heavy atom. The SMILES string of the molecule is CC(Oc1ccccc1-c1ccccc1)C1N=NC(=S)N1c1ccccc1. The average molecular weight is 373 g/mol. The summed E-state index contributed by atoms with van der Waals surface area (Å²) in [6.45, 7) is 2.00. The van der Waals surface area contributed by atoms with Gasteiger partial charge in [0.1, 0.15) is 11.9 Å². The van der Waals surface area contributed by atoms with Gasteiger partial charge in [0.05, 0.1) is 0 Å². The molecule has 0 spiro atoms. The van der Waals surface area contributed by atoms with Gasteiger partial charge >= 0.3 is 0 Å². The third kappa shape index (κ3) is 3.59. The van der Waals surface area contributed by atoms with Crippen molar-refractivity contribution in [3.8, 4) is 16.9 Å². The maximum atomic E-state index is 6.33. The zero-order chi connectivity index (χ0) is 18.6. The molecule has 4 nitrogen and oxygen atoms in total. The van der Waals surface area contributed by atoms with Crippen molar-refractivity contribution in [2.75, 3.05) is 4.90 Å². The molecule has 0 fully saturated rings. The second kappa shape index (κ2) is 7.68. The van der Waals surface area contributed by atoms with Gasteiger partial charge in [0.15, 0.2) is 6.17 Å². The Morgan fingerprint density at radius 3 is 2.26 bits per heavy atom. The highest BCUT2D eigenvalue weighted by Crippen LogP contribution is 2.32. The molecule has 4 rings (SSSR count).